The molecule has 0 fully saturated rings. The van der Waals surface area contributed by atoms with E-state index in [0.717, 1.165) is 11.5 Å². The highest BCUT2D eigenvalue weighted by molar-refractivity contribution is 8.01. The van der Waals surface area contributed by atoms with Crippen LogP contribution in [0.5, 0.6) is 0 Å². The molecule has 0 nitrogen and oxygen atoms in total. The minimum absolute atomic E-state index is 0.942. The summed E-state index contributed by atoms with van der Waals surface area (Å²) in [5, 5.41) is 0. The van der Waals surface area contributed by atoms with E-state index in [1.54, 1.807) is 0 Å². The number of benzene rings is 5. The summed E-state index contributed by atoms with van der Waals surface area (Å²) in [6, 6.07) is 47.7. The molecular formula is C32H26S2. The number of hydrogen-bond acceptors (Lipinski definition) is 2. The fourth-order valence-electron chi connectivity index (χ4n) is 4.04. The molecule has 5 aromatic rings. The summed E-state index contributed by atoms with van der Waals surface area (Å²) in [5.41, 5.74) is 7.81. The molecule has 2 heteroatoms. The Labute approximate surface area is 211 Å². The standard InChI is InChI=1S/C32H26S2/c1-5-13-25(14-6-1)23-33-30-22-21-29(27-17-9-3-10-18-27)31(28-19-11-4-12-20-28)32(30)34-24-26-15-7-2-8-16-26/h1-22H,23-24H2. The van der Waals surface area contributed by atoms with Crippen LogP contribution in [0.15, 0.2) is 143 Å². The van der Waals surface area contributed by atoms with E-state index in [9.17, 15) is 0 Å². The first-order valence-electron chi connectivity index (χ1n) is 11.5. The van der Waals surface area contributed by atoms with Gasteiger partial charge in [0.25, 0.3) is 0 Å². The van der Waals surface area contributed by atoms with E-state index in [1.165, 1.54) is 43.2 Å². The predicted octanol–water partition coefficient (Wildman–Crippen LogP) is 9.61. The van der Waals surface area contributed by atoms with Gasteiger partial charge >= 0.3 is 0 Å². The number of thioether (sulfide) groups is 2. The van der Waals surface area contributed by atoms with Crippen LogP contribution >= 0.6 is 23.5 Å². The quantitative estimate of drug-likeness (QED) is 0.205. The van der Waals surface area contributed by atoms with E-state index in [2.05, 4.69) is 133 Å². The smallest absolute Gasteiger partial charge is 0.0296 e. The summed E-state index contributed by atoms with van der Waals surface area (Å²) in [6.45, 7) is 0. The molecular weight excluding hydrogens is 448 g/mol. The van der Waals surface area contributed by atoms with Crippen LogP contribution in [0.4, 0.5) is 0 Å². The molecule has 0 N–H and O–H groups in total. The molecule has 0 radical (unpaired) electrons. The molecule has 0 aliphatic carbocycles. The topological polar surface area (TPSA) is 0 Å². The maximum Gasteiger partial charge on any atom is 0.0296 e. The highest BCUT2D eigenvalue weighted by Gasteiger charge is 2.17. The molecule has 0 heterocycles. The van der Waals surface area contributed by atoms with Gasteiger partial charge in [0.2, 0.25) is 0 Å². The van der Waals surface area contributed by atoms with Gasteiger partial charge in [-0.25, -0.2) is 0 Å². The normalized spacial score (nSPS) is 10.8. The van der Waals surface area contributed by atoms with Crippen LogP contribution < -0.4 is 0 Å². The summed E-state index contributed by atoms with van der Waals surface area (Å²) < 4.78 is 0. The summed E-state index contributed by atoms with van der Waals surface area (Å²) in [4.78, 5) is 2.70. The fourth-order valence-corrected chi connectivity index (χ4v) is 6.39. The van der Waals surface area contributed by atoms with Gasteiger partial charge in [-0.1, -0.05) is 127 Å². The largest absolute Gasteiger partial charge is 0.120 e. The molecule has 0 atom stereocenters. The van der Waals surface area contributed by atoms with Crippen molar-refractivity contribution in [2.75, 3.05) is 0 Å². The van der Waals surface area contributed by atoms with Crippen LogP contribution in [0.1, 0.15) is 11.1 Å². The molecule has 166 valence electrons. The molecule has 0 amide bonds. The lowest BCUT2D eigenvalue weighted by Crippen LogP contribution is -1.93. The monoisotopic (exact) mass is 474 g/mol. The highest BCUT2D eigenvalue weighted by Crippen LogP contribution is 2.46. The van der Waals surface area contributed by atoms with Gasteiger partial charge in [0.15, 0.2) is 0 Å². The summed E-state index contributed by atoms with van der Waals surface area (Å²) in [5.74, 6) is 1.90. The van der Waals surface area contributed by atoms with Crippen LogP contribution in [0.3, 0.4) is 0 Å². The van der Waals surface area contributed by atoms with Crippen molar-refractivity contribution in [3.8, 4) is 22.3 Å². The van der Waals surface area contributed by atoms with Crippen LogP contribution in [0.25, 0.3) is 22.3 Å². The highest BCUT2D eigenvalue weighted by atomic mass is 32.2. The van der Waals surface area contributed by atoms with E-state index in [1.807, 2.05) is 23.5 Å². The molecule has 0 saturated heterocycles. The zero-order valence-corrected chi connectivity index (χ0v) is 20.6. The molecule has 0 aromatic heterocycles. The molecule has 5 aromatic carbocycles. The first-order valence-corrected chi connectivity index (χ1v) is 13.5. The second-order valence-corrected chi connectivity index (χ2v) is 10.1. The second-order valence-electron chi connectivity index (χ2n) is 8.10. The van der Waals surface area contributed by atoms with Crippen molar-refractivity contribution < 1.29 is 0 Å². The second kappa shape index (κ2) is 11.3. The third-order valence-corrected chi connectivity index (χ3v) is 8.18. The summed E-state index contributed by atoms with van der Waals surface area (Å²) in [7, 11) is 0. The maximum atomic E-state index is 2.32. The third-order valence-electron chi connectivity index (χ3n) is 5.73. The van der Waals surface area contributed by atoms with Crippen molar-refractivity contribution in [2.45, 2.75) is 21.3 Å². The number of hydrogen-bond donors (Lipinski definition) is 0. The van der Waals surface area contributed by atoms with Crippen LogP contribution in [-0.2, 0) is 11.5 Å². The van der Waals surface area contributed by atoms with Crippen LogP contribution in [-0.4, -0.2) is 0 Å². The average Bonchev–Trinajstić information content (AvgIpc) is 2.92. The maximum absolute atomic E-state index is 2.32. The third kappa shape index (κ3) is 5.47. The summed E-state index contributed by atoms with van der Waals surface area (Å²) in [6.07, 6.45) is 0. The average molecular weight is 475 g/mol. The minimum Gasteiger partial charge on any atom is -0.120 e. The molecule has 0 unspecified atom stereocenters. The Morgan fingerprint density at radius 1 is 0.412 bits per heavy atom. The molecule has 0 aliphatic heterocycles. The van der Waals surface area contributed by atoms with Crippen molar-refractivity contribution in [3.63, 3.8) is 0 Å². The van der Waals surface area contributed by atoms with Crippen molar-refractivity contribution >= 4 is 23.5 Å². The van der Waals surface area contributed by atoms with E-state index in [4.69, 9.17) is 0 Å². The zero-order valence-electron chi connectivity index (χ0n) is 18.9. The Hall–Kier alpha value is -3.20. The zero-order chi connectivity index (χ0) is 23.0. The minimum atomic E-state index is 0.942. The van der Waals surface area contributed by atoms with Gasteiger partial charge < -0.3 is 0 Å². The van der Waals surface area contributed by atoms with Gasteiger partial charge in [0.1, 0.15) is 0 Å². The first kappa shape index (κ1) is 22.6. The molecule has 0 spiro atoms. The molecule has 0 aliphatic rings. The Bertz CT molecular complexity index is 1320. The Morgan fingerprint density at radius 2 is 0.882 bits per heavy atom. The van der Waals surface area contributed by atoms with E-state index in [0.29, 0.717) is 0 Å². The van der Waals surface area contributed by atoms with E-state index >= 15 is 0 Å². The van der Waals surface area contributed by atoms with Gasteiger partial charge in [0, 0.05) is 26.9 Å². The van der Waals surface area contributed by atoms with Crippen LogP contribution in [0.2, 0.25) is 0 Å². The summed E-state index contributed by atoms with van der Waals surface area (Å²) >= 11 is 3.87. The molecule has 5 rings (SSSR count). The lowest BCUT2D eigenvalue weighted by molar-refractivity contribution is 1.23. The SMILES string of the molecule is c1ccc(CSc2ccc(-c3ccccc3)c(-c3ccccc3)c2SCc2ccccc2)cc1. The van der Waals surface area contributed by atoms with Crippen molar-refractivity contribution in [1.82, 2.24) is 0 Å². The van der Waals surface area contributed by atoms with Gasteiger partial charge in [-0.3, -0.25) is 0 Å². The van der Waals surface area contributed by atoms with Gasteiger partial charge in [-0.15, -0.1) is 23.5 Å². The van der Waals surface area contributed by atoms with Crippen molar-refractivity contribution in [1.29, 1.82) is 0 Å². The lowest BCUT2D eigenvalue weighted by Gasteiger charge is -2.19. The Balaban J connectivity index is 1.61. The van der Waals surface area contributed by atoms with E-state index in [-0.39, 0.29) is 0 Å². The molecule has 0 bridgehead atoms. The van der Waals surface area contributed by atoms with Gasteiger partial charge in [0.05, 0.1) is 0 Å². The predicted molar refractivity (Wildman–Crippen MR) is 149 cm³/mol. The van der Waals surface area contributed by atoms with Gasteiger partial charge in [-0.05, 0) is 33.9 Å². The van der Waals surface area contributed by atoms with Crippen molar-refractivity contribution in [3.05, 3.63) is 145 Å². The number of rotatable bonds is 8. The fraction of sp³-hybridized carbons (Fsp3) is 0.0625. The Morgan fingerprint density at radius 3 is 1.44 bits per heavy atom. The molecule has 34 heavy (non-hydrogen) atoms. The first-order chi connectivity index (χ1) is 16.9. The van der Waals surface area contributed by atoms with E-state index < -0.39 is 0 Å². The lowest BCUT2D eigenvalue weighted by atomic mass is 9.94. The van der Waals surface area contributed by atoms with Crippen LogP contribution in [0, 0.1) is 0 Å². The Kier molecular flexibility index (Phi) is 7.50. The van der Waals surface area contributed by atoms with Crippen molar-refractivity contribution in [2.24, 2.45) is 0 Å². The van der Waals surface area contributed by atoms with Gasteiger partial charge in [-0.2, -0.15) is 0 Å². The molecule has 0 saturated carbocycles.